The molecule has 0 saturated heterocycles. The van der Waals surface area contributed by atoms with E-state index in [1.165, 1.54) is 0 Å². The number of aromatic nitrogens is 2. The summed E-state index contributed by atoms with van der Waals surface area (Å²) in [7, 11) is 0. The maximum absolute atomic E-state index is 12.8. The third-order valence-corrected chi connectivity index (χ3v) is 4.33. The zero-order chi connectivity index (χ0) is 17.9. The van der Waals surface area contributed by atoms with Gasteiger partial charge in [-0.3, -0.25) is 9.78 Å². The van der Waals surface area contributed by atoms with Crippen molar-refractivity contribution in [2.45, 2.75) is 13.5 Å². The molecule has 5 nitrogen and oxygen atoms in total. The standard InChI is InChI=1S/C21H17N3O2/c1-14-19(20(26-24-14)17-9-5-11-22-12-17)21(25)23-13-16-8-4-7-15-6-2-3-10-18(15)16/h2-12H,13H2,1H3,(H,23,25). The molecule has 0 fully saturated rings. The summed E-state index contributed by atoms with van der Waals surface area (Å²) in [6, 6.07) is 17.8. The zero-order valence-corrected chi connectivity index (χ0v) is 14.3. The Morgan fingerprint density at radius 3 is 2.77 bits per heavy atom. The van der Waals surface area contributed by atoms with Gasteiger partial charge in [-0.15, -0.1) is 0 Å². The summed E-state index contributed by atoms with van der Waals surface area (Å²) in [6.45, 7) is 2.19. The number of amides is 1. The van der Waals surface area contributed by atoms with Crippen LogP contribution in [-0.4, -0.2) is 16.0 Å². The first-order valence-corrected chi connectivity index (χ1v) is 8.35. The fourth-order valence-electron chi connectivity index (χ4n) is 3.04. The van der Waals surface area contributed by atoms with Gasteiger partial charge in [0.2, 0.25) is 0 Å². The van der Waals surface area contributed by atoms with Crippen LogP contribution >= 0.6 is 0 Å². The summed E-state index contributed by atoms with van der Waals surface area (Å²) < 4.78 is 5.37. The SMILES string of the molecule is Cc1noc(-c2cccnc2)c1C(=O)NCc1cccc2ccccc12. The second-order valence-electron chi connectivity index (χ2n) is 6.03. The van der Waals surface area contributed by atoms with Gasteiger partial charge in [0.05, 0.1) is 5.69 Å². The Labute approximate surface area is 150 Å². The lowest BCUT2D eigenvalue weighted by atomic mass is 10.0. The molecule has 26 heavy (non-hydrogen) atoms. The average molecular weight is 343 g/mol. The van der Waals surface area contributed by atoms with Gasteiger partial charge in [0, 0.05) is 24.5 Å². The van der Waals surface area contributed by atoms with Crippen LogP contribution in [0, 0.1) is 6.92 Å². The molecule has 128 valence electrons. The van der Waals surface area contributed by atoms with E-state index in [0.29, 0.717) is 23.6 Å². The van der Waals surface area contributed by atoms with Gasteiger partial charge in [-0.25, -0.2) is 0 Å². The highest BCUT2D eigenvalue weighted by Gasteiger charge is 2.21. The lowest BCUT2D eigenvalue weighted by molar-refractivity contribution is 0.0951. The number of rotatable bonds is 4. The van der Waals surface area contributed by atoms with Crippen LogP contribution in [-0.2, 0) is 6.54 Å². The fraction of sp³-hybridized carbons (Fsp3) is 0.0952. The summed E-state index contributed by atoms with van der Waals surface area (Å²) in [5, 5.41) is 9.22. The third-order valence-electron chi connectivity index (χ3n) is 4.33. The first-order valence-electron chi connectivity index (χ1n) is 8.35. The van der Waals surface area contributed by atoms with Crippen LogP contribution in [0.2, 0.25) is 0 Å². The van der Waals surface area contributed by atoms with Crippen molar-refractivity contribution in [3.05, 3.63) is 83.8 Å². The average Bonchev–Trinajstić information content (AvgIpc) is 3.08. The minimum absolute atomic E-state index is 0.212. The summed E-state index contributed by atoms with van der Waals surface area (Å²) in [5.74, 6) is 0.224. The molecule has 0 atom stereocenters. The van der Waals surface area contributed by atoms with Crippen LogP contribution in [0.4, 0.5) is 0 Å². The molecule has 0 bridgehead atoms. The predicted molar refractivity (Wildman–Crippen MR) is 99.6 cm³/mol. The molecule has 0 radical (unpaired) electrons. The molecule has 0 aliphatic heterocycles. The van der Waals surface area contributed by atoms with Gasteiger partial charge in [-0.05, 0) is 35.4 Å². The van der Waals surface area contributed by atoms with E-state index in [2.05, 4.69) is 33.7 Å². The predicted octanol–water partition coefficient (Wildman–Crippen LogP) is 4.13. The maximum Gasteiger partial charge on any atom is 0.257 e. The van der Waals surface area contributed by atoms with Crippen LogP contribution in [0.5, 0.6) is 0 Å². The molecule has 4 aromatic rings. The Morgan fingerprint density at radius 2 is 1.92 bits per heavy atom. The molecule has 2 aromatic carbocycles. The van der Waals surface area contributed by atoms with Crippen LogP contribution < -0.4 is 5.32 Å². The normalized spacial score (nSPS) is 10.8. The van der Waals surface area contributed by atoms with E-state index in [4.69, 9.17) is 4.52 Å². The van der Waals surface area contributed by atoms with Gasteiger partial charge in [-0.2, -0.15) is 0 Å². The largest absolute Gasteiger partial charge is 0.355 e. The van der Waals surface area contributed by atoms with Crippen LogP contribution in [0.3, 0.4) is 0 Å². The summed E-state index contributed by atoms with van der Waals surface area (Å²) >= 11 is 0. The number of nitrogens with one attached hydrogen (secondary N) is 1. The molecule has 0 unspecified atom stereocenters. The number of hydrogen-bond donors (Lipinski definition) is 1. The number of nitrogens with zero attached hydrogens (tertiary/aromatic N) is 2. The van der Waals surface area contributed by atoms with E-state index >= 15 is 0 Å². The molecule has 0 aliphatic rings. The second-order valence-corrected chi connectivity index (χ2v) is 6.03. The number of carbonyl (C=O) groups excluding carboxylic acids is 1. The van der Waals surface area contributed by atoms with Crippen molar-refractivity contribution in [1.82, 2.24) is 15.5 Å². The van der Waals surface area contributed by atoms with Crippen LogP contribution in [0.1, 0.15) is 21.6 Å². The Kier molecular flexibility index (Phi) is 4.19. The van der Waals surface area contributed by atoms with Crippen LogP contribution in [0.25, 0.3) is 22.1 Å². The Bertz CT molecular complexity index is 1070. The molecule has 1 amide bonds. The minimum atomic E-state index is -0.212. The van der Waals surface area contributed by atoms with Crippen molar-refractivity contribution >= 4 is 16.7 Å². The molecular formula is C21H17N3O2. The van der Waals surface area contributed by atoms with E-state index in [9.17, 15) is 4.79 Å². The number of hydrogen-bond acceptors (Lipinski definition) is 4. The molecule has 0 saturated carbocycles. The topological polar surface area (TPSA) is 68.0 Å². The van der Waals surface area contributed by atoms with Crippen LogP contribution in [0.15, 0.2) is 71.5 Å². The number of fused-ring (bicyclic) bond motifs is 1. The smallest absolute Gasteiger partial charge is 0.257 e. The van der Waals surface area contributed by atoms with Crippen molar-refractivity contribution in [3.63, 3.8) is 0 Å². The van der Waals surface area contributed by atoms with Crippen molar-refractivity contribution < 1.29 is 9.32 Å². The molecule has 2 heterocycles. The number of aryl methyl sites for hydroxylation is 1. The first kappa shape index (κ1) is 16.0. The highest BCUT2D eigenvalue weighted by Crippen LogP contribution is 2.25. The highest BCUT2D eigenvalue weighted by molar-refractivity contribution is 6.00. The van der Waals surface area contributed by atoms with Gasteiger partial charge >= 0.3 is 0 Å². The van der Waals surface area contributed by atoms with Gasteiger partial charge < -0.3 is 9.84 Å². The maximum atomic E-state index is 12.8. The quantitative estimate of drug-likeness (QED) is 0.605. The Hall–Kier alpha value is -3.47. The monoisotopic (exact) mass is 343 g/mol. The van der Waals surface area contributed by atoms with Gasteiger partial charge in [-0.1, -0.05) is 47.6 Å². The molecular weight excluding hydrogens is 326 g/mol. The highest BCUT2D eigenvalue weighted by atomic mass is 16.5. The van der Waals surface area contributed by atoms with E-state index < -0.39 is 0 Å². The molecule has 5 heteroatoms. The number of pyridine rings is 1. The second kappa shape index (κ2) is 6.80. The molecule has 4 rings (SSSR count). The van der Waals surface area contributed by atoms with Crippen molar-refractivity contribution in [2.24, 2.45) is 0 Å². The minimum Gasteiger partial charge on any atom is -0.355 e. The molecule has 0 spiro atoms. The lowest BCUT2D eigenvalue weighted by Crippen LogP contribution is -2.23. The van der Waals surface area contributed by atoms with Crippen molar-refractivity contribution in [3.8, 4) is 11.3 Å². The fourth-order valence-corrected chi connectivity index (χ4v) is 3.04. The summed E-state index contributed by atoms with van der Waals surface area (Å²) in [6.07, 6.45) is 3.33. The lowest BCUT2D eigenvalue weighted by Gasteiger charge is -2.09. The summed E-state index contributed by atoms with van der Waals surface area (Å²) in [5.41, 5.74) is 2.79. The van der Waals surface area contributed by atoms with E-state index in [0.717, 1.165) is 21.9 Å². The van der Waals surface area contributed by atoms with E-state index in [1.54, 1.807) is 25.4 Å². The van der Waals surface area contributed by atoms with Crippen molar-refractivity contribution in [1.29, 1.82) is 0 Å². The summed E-state index contributed by atoms with van der Waals surface area (Å²) in [4.78, 5) is 16.9. The molecule has 0 aliphatic carbocycles. The van der Waals surface area contributed by atoms with E-state index in [1.807, 2.05) is 30.3 Å². The number of carbonyl (C=O) groups is 1. The van der Waals surface area contributed by atoms with Crippen molar-refractivity contribution in [2.75, 3.05) is 0 Å². The zero-order valence-electron chi connectivity index (χ0n) is 14.3. The molecule has 2 aromatic heterocycles. The Morgan fingerprint density at radius 1 is 1.08 bits per heavy atom. The third kappa shape index (κ3) is 2.95. The van der Waals surface area contributed by atoms with Gasteiger partial charge in [0.1, 0.15) is 5.56 Å². The van der Waals surface area contributed by atoms with E-state index in [-0.39, 0.29) is 5.91 Å². The Balaban J connectivity index is 1.61. The first-order chi connectivity index (χ1) is 12.7. The van der Waals surface area contributed by atoms with Gasteiger partial charge in [0.15, 0.2) is 5.76 Å². The van der Waals surface area contributed by atoms with Gasteiger partial charge in [0.25, 0.3) is 5.91 Å². The molecule has 1 N–H and O–H groups in total. The number of benzene rings is 2.